The average molecular weight is 280 g/mol. The maximum atomic E-state index is 12.7. The van der Waals surface area contributed by atoms with Crippen molar-refractivity contribution in [1.82, 2.24) is 0 Å². The summed E-state index contributed by atoms with van der Waals surface area (Å²) in [5.74, 6) is -0.240. The van der Waals surface area contributed by atoms with Crippen LogP contribution in [0.25, 0.3) is 0 Å². The first-order valence-corrected chi connectivity index (χ1v) is 8.05. The van der Waals surface area contributed by atoms with Crippen LogP contribution in [-0.2, 0) is 19.0 Å². The van der Waals surface area contributed by atoms with Crippen molar-refractivity contribution in [3.8, 4) is 0 Å². The highest BCUT2D eigenvalue weighted by Gasteiger charge is 2.95. The first-order valence-electron chi connectivity index (χ1n) is 8.05. The van der Waals surface area contributed by atoms with Crippen LogP contribution in [0.4, 0.5) is 0 Å². The van der Waals surface area contributed by atoms with Gasteiger partial charge in [-0.15, -0.1) is 0 Å². The summed E-state index contributed by atoms with van der Waals surface area (Å²) in [5.41, 5.74) is -0.465. The van der Waals surface area contributed by atoms with Gasteiger partial charge in [0.2, 0.25) is 11.6 Å². The molecule has 20 heavy (non-hydrogen) atoms. The van der Waals surface area contributed by atoms with Crippen LogP contribution in [0.2, 0.25) is 0 Å². The van der Waals surface area contributed by atoms with E-state index < -0.39 is 11.2 Å². The molecule has 2 aliphatic carbocycles. The Hall–Kier alpha value is -0.610. The van der Waals surface area contributed by atoms with Crippen molar-refractivity contribution in [2.45, 2.75) is 77.0 Å². The first-order chi connectivity index (χ1) is 9.44. The second kappa shape index (κ2) is 3.77. The average Bonchev–Trinajstić information content (AvgIpc) is 3.24. The zero-order valence-electron chi connectivity index (χ0n) is 12.6. The van der Waals surface area contributed by atoms with Gasteiger partial charge in [-0.3, -0.25) is 4.79 Å². The van der Waals surface area contributed by atoms with Gasteiger partial charge in [0.15, 0.2) is 0 Å². The highest BCUT2D eigenvalue weighted by atomic mass is 17.0. The second-order valence-electron chi connectivity index (χ2n) is 7.47. The SMILES string of the molecule is CC1CCCCC1OC(=O)C1(C)CCC23OC2(O3)C1C. The van der Waals surface area contributed by atoms with Crippen LogP contribution < -0.4 is 0 Å². The van der Waals surface area contributed by atoms with Gasteiger partial charge in [-0.2, -0.15) is 0 Å². The Morgan fingerprint density at radius 1 is 1.15 bits per heavy atom. The molecule has 0 N–H and O–H groups in total. The summed E-state index contributed by atoms with van der Waals surface area (Å²) in [5, 5.41) is 0. The molecule has 0 aromatic heterocycles. The second-order valence-corrected chi connectivity index (χ2v) is 7.47. The highest BCUT2D eigenvalue weighted by Crippen LogP contribution is 2.79. The van der Waals surface area contributed by atoms with Crippen molar-refractivity contribution < 1.29 is 19.0 Å². The third-order valence-electron chi connectivity index (χ3n) is 6.34. The van der Waals surface area contributed by atoms with Crippen molar-refractivity contribution in [2.75, 3.05) is 0 Å². The van der Waals surface area contributed by atoms with E-state index in [4.69, 9.17) is 14.2 Å². The van der Waals surface area contributed by atoms with Crippen LogP contribution in [0.15, 0.2) is 0 Å². The number of epoxide rings is 2. The molecule has 2 aliphatic heterocycles. The van der Waals surface area contributed by atoms with Gasteiger partial charge in [-0.05, 0) is 38.5 Å². The fraction of sp³-hybridized carbons (Fsp3) is 0.938. The molecule has 2 saturated carbocycles. The maximum absolute atomic E-state index is 12.7. The largest absolute Gasteiger partial charge is 0.462 e. The minimum atomic E-state index is -0.465. The lowest BCUT2D eigenvalue weighted by Crippen LogP contribution is -2.44. The predicted octanol–water partition coefficient (Wildman–Crippen LogP) is 3.00. The molecule has 4 fully saturated rings. The number of hydrogen-bond acceptors (Lipinski definition) is 4. The zero-order valence-corrected chi connectivity index (χ0v) is 12.6. The summed E-state index contributed by atoms with van der Waals surface area (Å²) in [7, 11) is 0. The molecule has 0 aromatic carbocycles. The van der Waals surface area contributed by atoms with Crippen molar-refractivity contribution in [3.05, 3.63) is 0 Å². The van der Waals surface area contributed by atoms with E-state index >= 15 is 0 Å². The fourth-order valence-corrected chi connectivity index (χ4v) is 4.30. The zero-order chi connectivity index (χ0) is 14.2. The van der Waals surface area contributed by atoms with E-state index in [1.165, 1.54) is 19.3 Å². The Kier molecular flexibility index (Phi) is 2.47. The first kappa shape index (κ1) is 13.1. The van der Waals surface area contributed by atoms with Crippen LogP contribution in [-0.4, -0.2) is 23.6 Å². The fourth-order valence-electron chi connectivity index (χ4n) is 4.30. The highest BCUT2D eigenvalue weighted by molar-refractivity contribution is 5.78. The molecule has 0 radical (unpaired) electrons. The van der Waals surface area contributed by atoms with E-state index in [1.54, 1.807) is 0 Å². The van der Waals surface area contributed by atoms with Gasteiger partial charge >= 0.3 is 5.97 Å². The van der Waals surface area contributed by atoms with E-state index in [9.17, 15) is 4.79 Å². The van der Waals surface area contributed by atoms with Crippen molar-refractivity contribution in [2.24, 2.45) is 17.3 Å². The number of rotatable bonds is 2. The molecule has 2 heterocycles. The Balaban J connectivity index is 1.47. The van der Waals surface area contributed by atoms with Crippen molar-refractivity contribution >= 4 is 5.97 Å². The van der Waals surface area contributed by atoms with E-state index in [0.29, 0.717) is 5.92 Å². The molecule has 4 unspecified atom stereocenters. The van der Waals surface area contributed by atoms with Gasteiger partial charge in [0.1, 0.15) is 6.10 Å². The van der Waals surface area contributed by atoms with E-state index in [0.717, 1.165) is 19.3 Å². The summed E-state index contributed by atoms with van der Waals surface area (Å²) < 4.78 is 17.3. The Morgan fingerprint density at radius 3 is 2.55 bits per heavy atom. The monoisotopic (exact) mass is 280 g/mol. The smallest absolute Gasteiger partial charge is 0.312 e. The normalized spacial score (nSPS) is 56.5. The van der Waals surface area contributed by atoms with Gasteiger partial charge in [-0.25, -0.2) is 0 Å². The number of carbonyl (C=O) groups excluding carboxylic acids is 1. The Labute approximate surface area is 120 Å². The number of esters is 1. The Bertz CT molecular complexity index is 453. The molecule has 0 spiro atoms. The summed E-state index contributed by atoms with van der Waals surface area (Å²) in [6.45, 7) is 6.29. The standard InChI is InChI=1S/C16H24O4/c1-10-6-4-5-7-12(10)18-13(17)14(3)8-9-15-16(19-15,20-15)11(14)2/h10-12H,4-9H2,1-3H3. The molecule has 4 rings (SSSR count). The van der Waals surface area contributed by atoms with Gasteiger partial charge in [0.05, 0.1) is 5.41 Å². The minimum absolute atomic E-state index is 0.0438. The molecule has 4 aliphatic rings. The third-order valence-corrected chi connectivity index (χ3v) is 6.34. The number of ether oxygens (including phenoxy) is 3. The molecule has 4 nitrogen and oxygen atoms in total. The molecule has 0 bridgehead atoms. The lowest BCUT2D eigenvalue weighted by molar-refractivity contribution is -0.174. The summed E-state index contributed by atoms with van der Waals surface area (Å²) in [4.78, 5) is 12.7. The predicted molar refractivity (Wildman–Crippen MR) is 71.6 cm³/mol. The molecule has 4 heteroatoms. The summed E-state index contributed by atoms with van der Waals surface area (Å²) >= 11 is 0. The van der Waals surface area contributed by atoms with Crippen LogP contribution in [0, 0.1) is 17.3 Å². The molecule has 2 saturated heterocycles. The number of carbonyl (C=O) groups is 1. The van der Waals surface area contributed by atoms with Crippen LogP contribution in [0.5, 0.6) is 0 Å². The van der Waals surface area contributed by atoms with E-state index in [-0.39, 0.29) is 23.8 Å². The topological polar surface area (TPSA) is 51.4 Å². The number of hydrogen-bond donors (Lipinski definition) is 0. The minimum Gasteiger partial charge on any atom is -0.462 e. The molecular formula is C16H24O4. The summed E-state index contributed by atoms with van der Waals surface area (Å²) in [6.07, 6.45) is 6.34. The van der Waals surface area contributed by atoms with E-state index in [2.05, 4.69) is 13.8 Å². The van der Waals surface area contributed by atoms with Crippen molar-refractivity contribution in [3.63, 3.8) is 0 Å². The summed E-state index contributed by atoms with van der Waals surface area (Å²) in [6, 6.07) is 0. The van der Waals surface area contributed by atoms with Gasteiger partial charge in [0.25, 0.3) is 0 Å². The van der Waals surface area contributed by atoms with Gasteiger partial charge < -0.3 is 14.2 Å². The molecule has 0 amide bonds. The van der Waals surface area contributed by atoms with E-state index in [1.807, 2.05) is 6.92 Å². The maximum Gasteiger partial charge on any atom is 0.312 e. The van der Waals surface area contributed by atoms with Gasteiger partial charge in [-0.1, -0.05) is 20.3 Å². The van der Waals surface area contributed by atoms with Crippen LogP contribution in [0.1, 0.15) is 59.3 Å². The molecule has 0 aromatic rings. The van der Waals surface area contributed by atoms with Crippen LogP contribution in [0.3, 0.4) is 0 Å². The third kappa shape index (κ3) is 1.47. The molecular weight excluding hydrogens is 256 g/mol. The molecule has 4 atom stereocenters. The lowest BCUT2D eigenvalue weighted by atomic mass is 9.68. The van der Waals surface area contributed by atoms with Crippen LogP contribution >= 0.6 is 0 Å². The Morgan fingerprint density at radius 2 is 1.85 bits per heavy atom. The van der Waals surface area contributed by atoms with Crippen molar-refractivity contribution in [1.29, 1.82) is 0 Å². The molecule has 112 valence electrons. The van der Waals surface area contributed by atoms with Gasteiger partial charge in [0, 0.05) is 12.3 Å². The lowest BCUT2D eigenvalue weighted by Gasteiger charge is -2.37. The quantitative estimate of drug-likeness (QED) is 0.576.